The van der Waals surface area contributed by atoms with Crippen LogP contribution in [-0.4, -0.2) is 55.3 Å². The normalized spacial score (nSPS) is 16.1. The van der Waals surface area contributed by atoms with Crippen molar-refractivity contribution in [1.29, 1.82) is 0 Å². The van der Waals surface area contributed by atoms with E-state index in [2.05, 4.69) is 5.32 Å². The number of ether oxygens (including phenoxy) is 2. The molecule has 1 amide bonds. The molecule has 0 aromatic heterocycles. The van der Waals surface area contributed by atoms with Gasteiger partial charge in [-0.2, -0.15) is 4.31 Å². The lowest BCUT2D eigenvalue weighted by Crippen LogP contribution is -2.42. The number of rotatable bonds is 9. The number of nitro benzene ring substituents is 1. The van der Waals surface area contributed by atoms with E-state index in [9.17, 15) is 28.1 Å². The third kappa shape index (κ3) is 5.82. The molecule has 0 spiro atoms. The summed E-state index contributed by atoms with van der Waals surface area (Å²) in [6.45, 7) is 1.41. The van der Waals surface area contributed by atoms with E-state index < -0.39 is 39.5 Å². The molecular formula is C21H22ClN3O8S. The zero-order chi connectivity index (χ0) is 24.9. The highest BCUT2D eigenvalue weighted by atomic mass is 35.5. The summed E-state index contributed by atoms with van der Waals surface area (Å²) in [5, 5.41) is 14.0. The van der Waals surface area contributed by atoms with E-state index in [4.69, 9.17) is 21.1 Å². The first kappa shape index (κ1) is 25.4. The number of halogens is 1. The summed E-state index contributed by atoms with van der Waals surface area (Å²) in [6, 6.07) is 8.39. The summed E-state index contributed by atoms with van der Waals surface area (Å²) < 4.78 is 37.2. The SMILES string of the molecule is CCOc1ccc(NC(=O)COC(=O)C2CCCN2S(=O)(=O)c2ccc(Cl)cc2)c([N+](=O)[O-])c1. The van der Waals surface area contributed by atoms with Crippen LogP contribution in [0.1, 0.15) is 19.8 Å². The van der Waals surface area contributed by atoms with Crippen molar-refractivity contribution >= 4 is 44.9 Å². The molecule has 0 saturated carbocycles. The number of esters is 1. The van der Waals surface area contributed by atoms with E-state index in [0.717, 1.165) is 4.31 Å². The molecule has 2 aromatic rings. The molecule has 1 aliphatic rings. The van der Waals surface area contributed by atoms with Crippen molar-refractivity contribution in [2.45, 2.75) is 30.7 Å². The number of anilines is 1. The van der Waals surface area contributed by atoms with E-state index in [0.29, 0.717) is 18.1 Å². The van der Waals surface area contributed by atoms with Gasteiger partial charge in [0, 0.05) is 11.6 Å². The third-order valence-corrected chi connectivity index (χ3v) is 7.17. The summed E-state index contributed by atoms with van der Waals surface area (Å²) >= 11 is 5.81. The largest absolute Gasteiger partial charge is 0.494 e. The molecular weight excluding hydrogens is 490 g/mol. The maximum Gasteiger partial charge on any atom is 0.324 e. The Morgan fingerprint density at radius 3 is 2.59 bits per heavy atom. The fourth-order valence-electron chi connectivity index (χ4n) is 3.45. The molecule has 11 nitrogen and oxygen atoms in total. The minimum Gasteiger partial charge on any atom is -0.494 e. The molecule has 1 N–H and O–H groups in total. The van der Waals surface area contributed by atoms with Crippen LogP contribution in [0.2, 0.25) is 5.02 Å². The number of amides is 1. The summed E-state index contributed by atoms with van der Waals surface area (Å²) in [6.07, 6.45) is 0.675. The van der Waals surface area contributed by atoms with Crippen molar-refractivity contribution in [3.8, 4) is 5.75 Å². The highest BCUT2D eigenvalue weighted by Crippen LogP contribution is 2.30. The van der Waals surface area contributed by atoms with Gasteiger partial charge in [0.2, 0.25) is 10.0 Å². The van der Waals surface area contributed by atoms with Crippen LogP contribution < -0.4 is 10.1 Å². The van der Waals surface area contributed by atoms with Crippen LogP contribution in [0.25, 0.3) is 0 Å². The predicted octanol–water partition coefficient (Wildman–Crippen LogP) is 2.98. The molecule has 0 aliphatic carbocycles. The molecule has 1 unspecified atom stereocenters. The Hall–Kier alpha value is -3.22. The number of nitro groups is 1. The molecule has 34 heavy (non-hydrogen) atoms. The van der Waals surface area contributed by atoms with Crippen LogP contribution in [0.3, 0.4) is 0 Å². The Bertz CT molecular complexity index is 1190. The Morgan fingerprint density at radius 2 is 1.94 bits per heavy atom. The van der Waals surface area contributed by atoms with Crippen LogP contribution >= 0.6 is 11.6 Å². The van der Waals surface area contributed by atoms with Crippen molar-refractivity contribution in [3.05, 3.63) is 57.6 Å². The van der Waals surface area contributed by atoms with Crippen LogP contribution in [0, 0.1) is 10.1 Å². The number of nitrogens with one attached hydrogen (secondary N) is 1. The van der Waals surface area contributed by atoms with Gasteiger partial charge in [-0.15, -0.1) is 0 Å². The van der Waals surface area contributed by atoms with Gasteiger partial charge in [0.15, 0.2) is 6.61 Å². The van der Waals surface area contributed by atoms with Gasteiger partial charge in [-0.25, -0.2) is 8.42 Å². The van der Waals surface area contributed by atoms with E-state index in [-0.39, 0.29) is 35.0 Å². The number of carbonyl (C=O) groups excluding carboxylic acids is 2. The van der Waals surface area contributed by atoms with Crippen LogP contribution in [0.4, 0.5) is 11.4 Å². The molecule has 182 valence electrons. The van der Waals surface area contributed by atoms with Gasteiger partial charge in [-0.1, -0.05) is 11.6 Å². The molecule has 1 saturated heterocycles. The summed E-state index contributed by atoms with van der Waals surface area (Å²) in [5.74, 6) is -1.43. The van der Waals surface area contributed by atoms with Crippen LogP contribution in [0.15, 0.2) is 47.4 Å². The zero-order valence-corrected chi connectivity index (χ0v) is 19.7. The summed E-state index contributed by atoms with van der Waals surface area (Å²) in [4.78, 5) is 35.5. The first-order chi connectivity index (χ1) is 16.1. The standard InChI is InChI=1S/C21H22ClN3O8S/c1-2-32-15-7-10-17(19(12-15)25(28)29)23-20(26)13-33-21(27)18-4-3-11-24(18)34(30,31)16-8-5-14(22)6-9-16/h5-10,12,18H,2-4,11,13H2,1H3,(H,23,26). The first-order valence-corrected chi connectivity index (χ1v) is 12.1. The van der Waals surface area contributed by atoms with E-state index in [1.807, 2.05) is 0 Å². The number of nitrogens with zero attached hydrogens (tertiary/aromatic N) is 2. The fraction of sp³-hybridized carbons (Fsp3) is 0.333. The van der Waals surface area contributed by atoms with E-state index in [1.54, 1.807) is 6.92 Å². The summed E-state index contributed by atoms with van der Waals surface area (Å²) in [7, 11) is -3.97. The second-order valence-electron chi connectivity index (χ2n) is 7.25. The van der Waals surface area contributed by atoms with Gasteiger partial charge in [-0.3, -0.25) is 19.7 Å². The monoisotopic (exact) mass is 511 g/mol. The number of hydrogen-bond donors (Lipinski definition) is 1. The van der Waals surface area contributed by atoms with Crippen molar-refractivity contribution < 1.29 is 32.4 Å². The number of carbonyl (C=O) groups is 2. The molecule has 1 atom stereocenters. The average Bonchev–Trinajstić information content (AvgIpc) is 3.30. The van der Waals surface area contributed by atoms with Crippen molar-refractivity contribution in [1.82, 2.24) is 4.31 Å². The average molecular weight is 512 g/mol. The number of hydrogen-bond acceptors (Lipinski definition) is 8. The maximum absolute atomic E-state index is 12.9. The van der Waals surface area contributed by atoms with Crippen molar-refractivity contribution in [3.63, 3.8) is 0 Å². The van der Waals surface area contributed by atoms with Gasteiger partial charge in [0.25, 0.3) is 11.6 Å². The second kappa shape index (κ2) is 10.8. The Morgan fingerprint density at radius 1 is 1.24 bits per heavy atom. The highest BCUT2D eigenvalue weighted by molar-refractivity contribution is 7.89. The lowest BCUT2D eigenvalue weighted by atomic mass is 10.2. The molecule has 2 aromatic carbocycles. The lowest BCUT2D eigenvalue weighted by Gasteiger charge is -2.22. The third-order valence-electron chi connectivity index (χ3n) is 4.99. The van der Waals surface area contributed by atoms with Crippen LogP contribution in [0.5, 0.6) is 5.75 Å². The van der Waals surface area contributed by atoms with Gasteiger partial charge in [-0.05, 0) is 56.2 Å². The minimum atomic E-state index is -3.97. The number of benzene rings is 2. The highest BCUT2D eigenvalue weighted by Gasteiger charge is 2.40. The van der Waals surface area contributed by atoms with Crippen LogP contribution in [-0.2, 0) is 24.3 Å². The summed E-state index contributed by atoms with van der Waals surface area (Å²) in [5.41, 5.74) is -0.482. The Labute approximate surface area is 200 Å². The lowest BCUT2D eigenvalue weighted by molar-refractivity contribution is -0.384. The topological polar surface area (TPSA) is 145 Å². The first-order valence-electron chi connectivity index (χ1n) is 10.3. The fourth-order valence-corrected chi connectivity index (χ4v) is 5.22. The number of sulfonamides is 1. The molecule has 13 heteroatoms. The zero-order valence-electron chi connectivity index (χ0n) is 18.1. The Kier molecular flexibility index (Phi) is 8.07. The molecule has 1 heterocycles. The van der Waals surface area contributed by atoms with Gasteiger partial charge in [0.1, 0.15) is 17.5 Å². The smallest absolute Gasteiger partial charge is 0.324 e. The van der Waals surface area contributed by atoms with Gasteiger partial charge in [0.05, 0.1) is 22.5 Å². The van der Waals surface area contributed by atoms with Gasteiger partial charge >= 0.3 is 5.97 Å². The molecule has 0 radical (unpaired) electrons. The maximum atomic E-state index is 12.9. The molecule has 1 fully saturated rings. The Balaban J connectivity index is 1.64. The van der Waals surface area contributed by atoms with E-state index in [1.165, 1.54) is 42.5 Å². The van der Waals surface area contributed by atoms with Crippen molar-refractivity contribution in [2.75, 3.05) is 25.1 Å². The molecule has 0 bridgehead atoms. The second-order valence-corrected chi connectivity index (χ2v) is 9.58. The predicted molar refractivity (Wildman–Crippen MR) is 122 cm³/mol. The minimum absolute atomic E-state index is 0.0165. The quantitative estimate of drug-likeness (QED) is 0.307. The van der Waals surface area contributed by atoms with Gasteiger partial charge < -0.3 is 14.8 Å². The van der Waals surface area contributed by atoms with Crippen molar-refractivity contribution in [2.24, 2.45) is 0 Å². The van der Waals surface area contributed by atoms with E-state index >= 15 is 0 Å². The molecule has 3 rings (SSSR count). The molecule has 1 aliphatic heterocycles.